The Labute approximate surface area is 240 Å². The quantitative estimate of drug-likeness (QED) is 0.0887. The van der Waals surface area contributed by atoms with Gasteiger partial charge in [-0.05, 0) is 31.0 Å². The van der Waals surface area contributed by atoms with Crippen LogP contribution in [0.2, 0.25) is 0 Å². The fourth-order valence-electron chi connectivity index (χ4n) is 4.39. The lowest BCUT2D eigenvalue weighted by Gasteiger charge is -2.25. The van der Waals surface area contributed by atoms with Gasteiger partial charge in [0.25, 0.3) is 0 Å². The van der Waals surface area contributed by atoms with Gasteiger partial charge in [0.1, 0.15) is 18.1 Å². The van der Waals surface area contributed by atoms with E-state index >= 15 is 0 Å². The Kier molecular flexibility index (Phi) is 11.6. The number of carboxylic acids is 2. The number of H-pyrrole nitrogens is 2. The molecule has 0 saturated heterocycles. The zero-order valence-electron chi connectivity index (χ0n) is 22.8. The number of carbonyl (C=O) groups is 5. The predicted molar refractivity (Wildman–Crippen MR) is 151 cm³/mol. The van der Waals surface area contributed by atoms with Crippen molar-refractivity contribution < 1.29 is 34.2 Å². The average molecular weight is 585 g/mol. The van der Waals surface area contributed by atoms with Crippen LogP contribution in [0.1, 0.15) is 36.9 Å². The van der Waals surface area contributed by atoms with Crippen molar-refractivity contribution in [2.75, 3.05) is 6.54 Å². The maximum Gasteiger partial charge on any atom is 0.326 e. The Morgan fingerprint density at radius 2 is 1.55 bits per heavy atom. The molecule has 4 atom stereocenters. The minimum absolute atomic E-state index is 0.00865. The first-order valence-corrected chi connectivity index (χ1v) is 13.4. The Bertz CT molecular complexity index is 1370. The third-order valence-electron chi connectivity index (χ3n) is 6.64. The van der Waals surface area contributed by atoms with E-state index in [9.17, 15) is 29.1 Å². The Morgan fingerprint density at radius 3 is 2.19 bits per heavy atom. The van der Waals surface area contributed by atoms with Crippen LogP contribution in [0.3, 0.4) is 0 Å². The minimum atomic E-state index is -1.73. The van der Waals surface area contributed by atoms with Crippen molar-refractivity contribution in [3.05, 3.63) is 54.2 Å². The van der Waals surface area contributed by atoms with Crippen LogP contribution < -0.4 is 27.4 Å². The summed E-state index contributed by atoms with van der Waals surface area (Å²) in [5, 5.41) is 26.8. The summed E-state index contributed by atoms with van der Waals surface area (Å²) in [7, 11) is 0. The van der Waals surface area contributed by atoms with Gasteiger partial charge in [-0.15, -0.1) is 0 Å². The highest BCUT2D eigenvalue weighted by Gasteiger charge is 2.32. The number of aromatic nitrogens is 3. The molecular formula is C27H36N8O7. The molecule has 3 rings (SSSR count). The first kappa shape index (κ1) is 31.8. The number of unbranched alkanes of at least 4 members (excludes halogenated alkanes) is 1. The van der Waals surface area contributed by atoms with E-state index in [0.717, 1.165) is 10.9 Å². The van der Waals surface area contributed by atoms with Crippen LogP contribution in [0.15, 0.2) is 43.0 Å². The van der Waals surface area contributed by atoms with Gasteiger partial charge >= 0.3 is 11.9 Å². The number of aromatic amines is 2. The van der Waals surface area contributed by atoms with E-state index in [2.05, 4.69) is 30.9 Å². The number of nitrogens with two attached hydrogens (primary N) is 2. The summed E-state index contributed by atoms with van der Waals surface area (Å²) >= 11 is 0. The summed E-state index contributed by atoms with van der Waals surface area (Å²) < 4.78 is 0. The topological polar surface area (TPSA) is 258 Å². The smallest absolute Gasteiger partial charge is 0.326 e. The lowest BCUT2D eigenvalue weighted by Crippen LogP contribution is -2.58. The monoisotopic (exact) mass is 584 g/mol. The molecule has 3 amide bonds. The molecule has 0 bridgehead atoms. The molecule has 1 aromatic carbocycles. The highest BCUT2D eigenvalue weighted by Crippen LogP contribution is 2.19. The lowest BCUT2D eigenvalue weighted by molar-refractivity contribution is -0.147. The summed E-state index contributed by atoms with van der Waals surface area (Å²) in [6.07, 6.45) is 5.27. The van der Waals surface area contributed by atoms with Crippen LogP contribution in [0, 0.1) is 0 Å². The summed E-state index contributed by atoms with van der Waals surface area (Å²) in [4.78, 5) is 72.4. The number of benzene rings is 1. The number of hydrogen-bond acceptors (Lipinski definition) is 8. The fourth-order valence-corrected chi connectivity index (χ4v) is 4.39. The van der Waals surface area contributed by atoms with E-state index in [1.807, 2.05) is 18.2 Å². The molecule has 0 fully saturated rings. The number of imidazole rings is 1. The molecule has 0 aliphatic carbocycles. The van der Waals surface area contributed by atoms with Gasteiger partial charge in [0, 0.05) is 41.8 Å². The van der Waals surface area contributed by atoms with Crippen LogP contribution in [0.4, 0.5) is 0 Å². The predicted octanol–water partition coefficient (Wildman–Crippen LogP) is -0.854. The Hall–Kier alpha value is -4.76. The third-order valence-corrected chi connectivity index (χ3v) is 6.64. The second-order valence-electron chi connectivity index (χ2n) is 9.86. The lowest BCUT2D eigenvalue weighted by atomic mass is 10.0. The molecule has 0 aliphatic heterocycles. The molecule has 15 nitrogen and oxygen atoms in total. The number of rotatable bonds is 17. The van der Waals surface area contributed by atoms with E-state index in [1.54, 1.807) is 12.3 Å². The van der Waals surface area contributed by atoms with Gasteiger partial charge in [-0.3, -0.25) is 19.2 Å². The molecule has 11 N–H and O–H groups in total. The highest BCUT2D eigenvalue weighted by molar-refractivity contribution is 5.95. The molecule has 15 heteroatoms. The maximum atomic E-state index is 13.6. The van der Waals surface area contributed by atoms with Crippen molar-refractivity contribution in [2.24, 2.45) is 11.5 Å². The van der Waals surface area contributed by atoms with E-state index in [4.69, 9.17) is 16.6 Å². The van der Waals surface area contributed by atoms with Crippen molar-refractivity contribution in [2.45, 2.75) is 62.7 Å². The fraction of sp³-hybridized carbons (Fsp3) is 0.407. The molecule has 2 aromatic heterocycles. The summed E-state index contributed by atoms with van der Waals surface area (Å²) in [6.45, 7) is 0.453. The van der Waals surface area contributed by atoms with Crippen LogP contribution in [0.25, 0.3) is 10.9 Å². The number of carboxylic acid groups (broad SMARTS) is 2. The van der Waals surface area contributed by atoms with E-state index < -0.39 is 60.2 Å². The molecule has 0 unspecified atom stereocenters. The highest BCUT2D eigenvalue weighted by atomic mass is 16.4. The standard InChI is InChI=1S/C27H36N8O7/c28-8-4-3-6-18(29)24(38)33-21(10-16-13-30-14-32-16)26(40)34-20(25(39)35-22(27(41)42)11-23(36)37)9-15-12-31-19-7-2-1-5-17(15)19/h1-2,5,7,12-14,18,20-22,31H,3-4,6,8-11,28-29H2,(H,30,32)(H,33,38)(H,34,40)(H,35,39)(H,36,37)(H,41,42)/t18-,20+,21+,22+/m1/s1. The van der Waals surface area contributed by atoms with Gasteiger partial charge < -0.3 is 47.6 Å². The van der Waals surface area contributed by atoms with Crippen molar-refractivity contribution in [1.29, 1.82) is 0 Å². The van der Waals surface area contributed by atoms with Crippen molar-refractivity contribution in [3.8, 4) is 0 Å². The summed E-state index contributed by atoms with van der Waals surface area (Å²) in [5.41, 5.74) is 13.5. The molecular weight excluding hydrogens is 548 g/mol. The Balaban J connectivity index is 1.85. The molecule has 2 heterocycles. The number of aliphatic carboxylic acids is 2. The number of fused-ring (bicyclic) bond motifs is 1. The largest absolute Gasteiger partial charge is 0.481 e. The first-order valence-electron chi connectivity index (χ1n) is 13.4. The zero-order chi connectivity index (χ0) is 30.6. The molecule has 0 radical (unpaired) electrons. The average Bonchev–Trinajstić information content (AvgIpc) is 3.61. The molecule has 3 aromatic rings. The third kappa shape index (κ3) is 9.14. The van der Waals surface area contributed by atoms with Crippen molar-refractivity contribution in [3.63, 3.8) is 0 Å². The second-order valence-corrected chi connectivity index (χ2v) is 9.86. The number of nitrogens with one attached hydrogen (secondary N) is 5. The summed E-state index contributed by atoms with van der Waals surface area (Å²) in [5.74, 6) is -5.19. The van der Waals surface area contributed by atoms with Gasteiger partial charge in [-0.1, -0.05) is 24.6 Å². The number of carbonyl (C=O) groups excluding carboxylic acids is 3. The molecule has 42 heavy (non-hydrogen) atoms. The molecule has 0 saturated carbocycles. The van der Waals surface area contributed by atoms with E-state index in [-0.39, 0.29) is 12.8 Å². The van der Waals surface area contributed by atoms with Gasteiger partial charge in [0.2, 0.25) is 17.7 Å². The number of amides is 3. The number of nitrogens with zero attached hydrogens (tertiary/aromatic N) is 1. The number of para-hydroxylation sites is 1. The normalized spacial score (nSPS) is 14.0. The van der Waals surface area contributed by atoms with E-state index in [1.165, 1.54) is 12.5 Å². The second kappa shape index (κ2) is 15.3. The van der Waals surface area contributed by atoms with Gasteiger partial charge in [-0.25, -0.2) is 9.78 Å². The molecule has 226 valence electrons. The van der Waals surface area contributed by atoms with Crippen LogP contribution in [0.5, 0.6) is 0 Å². The van der Waals surface area contributed by atoms with Crippen LogP contribution in [-0.2, 0) is 36.8 Å². The summed E-state index contributed by atoms with van der Waals surface area (Å²) in [6, 6.07) is 2.13. The first-order chi connectivity index (χ1) is 20.1. The molecule has 0 aliphatic rings. The minimum Gasteiger partial charge on any atom is -0.481 e. The van der Waals surface area contributed by atoms with Gasteiger partial charge in [-0.2, -0.15) is 0 Å². The zero-order valence-corrected chi connectivity index (χ0v) is 22.8. The Morgan fingerprint density at radius 1 is 0.881 bits per heavy atom. The van der Waals surface area contributed by atoms with Gasteiger partial charge in [0.05, 0.1) is 18.8 Å². The van der Waals surface area contributed by atoms with Crippen LogP contribution in [-0.4, -0.2) is 85.5 Å². The van der Waals surface area contributed by atoms with E-state index in [0.29, 0.717) is 37.1 Å². The van der Waals surface area contributed by atoms with Crippen molar-refractivity contribution in [1.82, 2.24) is 30.9 Å². The van der Waals surface area contributed by atoms with Crippen LogP contribution >= 0.6 is 0 Å². The molecule has 0 spiro atoms. The number of hydrogen-bond donors (Lipinski definition) is 9. The maximum absolute atomic E-state index is 13.6. The van der Waals surface area contributed by atoms with Crippen molar-refractivity contribution >= 4 is 40.6 Å². The SMILES string of the molecule is NCCCC[C@@H](N)C(=O)N[C@@H](Cc1cnc[nH]1)C(=O)N[C@@H](Cc1c[nH]c2ccccc12)C(=O)N[C@@H](CC(=O)O)C(=O)O. The van der Waals surface area contributed by atoms with Gasteiger partial charge in [0.15, 0.2) is 0 Å².